The third-order valence-corrected chi connectivity index (χ3v) is 7.50. The molecule has 0 fully saturated rings. The van der Waals surface area contributed by atoms with Gasteiger partial charge in [-0.15, -0.1) is 0 Å². The first-order valence-electron chi connectivity index (χ1n) is 12.8. The maximum Gasteiger partial charge on any atom is 0.0542 e. The zero-order chi connectivity index (χ0) is 25.5. The maximum atomic E-state index is 6.50. The molecule has 1 aromatic heterocycles. The minimum atomic E-state index is 0.743. The van der Waals surface area contributed by atoms with Gasteiger partial charge in [0.2, 0.25) is 0 Å². The molecule has 7 rings (SSSR count). The van der Waals surface area contributed by atoms with Crippen molar-refractivity contribution in [2.45, 2.75) is 0 Å². The monoisotopic (exact) mass is 505 g/mol. The minimum absolute atomic E-state index is 0.743. The predicted molar refractivity (Wildman–Crippen MR) is 162 cm³/mol. The van der Waals surface area contributed by atoms with Gasteiger partial charge in [0.05, 0.1) is 11.0 Å². The number of nitrogens with zero attached hydrogens (tertiary/aromatic N) is 1. The van der Waals surface area contributed by atoms with Gasteiger partial charge >= 0.3 is 0 Å². The summed E-state index contributed by atoms with van der Waals surface area (Å²) >= 11 is 6.50. The summed E-state index contributed by atoms with van der Waals surface area (Å²) in [4.78, 5) is 0. The first-order chi connectivity index (χ1) is 18.7. The van der Waals surface area contributed by atoms with Crippen LogP contribution in [0.5, 0.6) is 0 Å². The molecule has 0 aliphatic carbocycles. The number of hydrogen-bond donors (Lipinski definition) is 0. The quantitative estimate of drug-likeness (QED) is 0.224. The Labute approximate surface area is 227 Å². The van der Waals surface area contributed by atoms with Gasteiger partial charge in [-0.1, -0.05) is 115 Å². The van der Waals surface area contributed by atoms with Crippen molar-refractivity contribution in [2.24, 2.45) is 0 Å². The van der Waals surface area contributed by atoms with Crippen LogP contribution in [0.2, 0.25) is 5.02 Å². The van der Waals surface area contributed by atoms with E-state index in [1.807, 2.05) is 12.1 Å². The first-order valence-corrected chi connectivity index (χ1v) is 13.2. The van der Waals surface area contributed by atoms with Gasteiger partial charge in [-0.25, -0.2) is 0 Å². The van der Waals surface area contributed by atoms with Gasteiger partial charge in [0.15, 0.2) is 0 Å². The van der Waals surface area contributed by atoms with E-state index in [1.165, 1.54) is 38.8 Å². The van der Waals surface area contributed by atoms with Crippen molar-refractivity contribution in [1.82, 2.24) is 4.57 Å². The van der Waals surface area contributed by atoms with Gasteiger partial charge < -0.3 is 4.57 Å². The van der Waals surface area contributed by atoms with Gasteiger partial charge in [0.25, 0.3) is 0 Å². The van der Waals surface area contributed by atoms with Gasteiger partial charge in [0, 0.05) is 21.5 Å². The highest BCUT2D eigenvalue weighted by molar-refractivity contribution is 6.32. The molecule has 0 aliphatic rings. The molecular formula is C36H24ClN. The van der Waals surface area contributed by atoms with Crippen molar-refractivity contribution in [2.75, 3.05) is 0 Å². The Balaban J connectivity index is 1.38. The summed E-state index contributed by atoms with van der Waals surface area (Å²) in [6.45, 7) is 0. The maximum absolute atomic E-state index is 6.50. The second kappa shape index (κ2) is 9.37. The molecule has 6 aromatic carbocycles. The molecule has 0 saturated heterocycles. The van der Waals surface area contributed by atoms with E-state index in [-0.39, 0.29) is 0 Å². The van der Waals surface area contributed by atoms with Gasteiger partial charge in [0.1, 0.15) is 0 Å². The molecule has 1 nitrogen and oxygen atoms in total. The summed E-state index contributed by atoms with van der Waals surface area (Å²) in [7, 11) is 0. The third kappa shape index (κ3) is 3.98. The van der Waals surface area contributed by atoms with Crippen LogP contribution in [0.25, 0.3) is 60.9 Å². The molecule has 0 spiro atoms. The van der Waals surface area contributed by atoms with E-state index in [0.29, 0.717) is 0 Å². The van der Waals surface area contributed by atoms with Crippen molar-refractivity contribution in [3.8, 4) is 39.1 Å². The second-order valence-electron chi connectivity index (χ2n) is 9.59. The molecule has 180 valence electrons. The lowest BCUT2D eigenvalue weighted by Crippen LogP contribution is -1.94. The molecule has 0 aliphatic heterocycles. The van der Waals surface area contributed by atoms with E-state index in [2.05, 4.69) is 138 Å². The van der Waals surface area contributed by atoms with Gasteiger partial charge in [-0.2, -0.15) is 0 Å². The summed E-state index contributed by atoms with van der Waals surface area (Å²) in [5.74, 6) is 0. The number of hydrogen-bond acceptors (Lipinski definition) is 0. The Morgan fingerprint density at radius 1 is 0.368 bits per heavy atom. The molecule has 0 N–H and O–H groups in total. The van der Waals surface area contributed by atoms with Gasteiger partial charge in [-0.05, 0) is 75.8 Å². The van der Waals surface area contributed by atoms with E-state index in [0.717, 1.165) is 27.1 Å². The van der Waals surface area contributed by atoms with E-state index < -0.39 is 0 Å². The highest BCUT2D eigenvalue weighted by atomic mass is 35.5. The van der Waals surface area contributed by atoms with E-state index >= 15 is 0 Å². The lowest BCUT2D eigenvalue weighted by atomic mass is 9.99. The van der Waals surface area contributed by atoms with Crippen LogP contribution in [0, 0.1) is 0 Å². The summed E-state index contributed by atoms with van der Waals surface area (Å²) < 4.78 is 2.34. The number of benzene rings is 6. The molecule has 0 radical (unpaired) electrons. The number of halogens is 1. The average molecular weight is 506 g/mol. The molecule has 0 amide bonds. The highest BCUT2D eigenvalue weighted by Crippen LogP contribution is 2.37. The Morgan fingerprint density at radius 2 is 0.842 bits per heavy atom. The Kier molecular flexibility index (Phi) is 5.57. The second-order valence-corrected chi connectivity index (χ2v) is 10.0. The van der Waals surface area contributed by atoms with E-state index in [4.69, 9.17) is 11.6 Å². The summed E-state index contributed by atoms with van der Waals surface area (Å²) in [5, 5.41) is 3.09. The topological polar surface area (TPSA) is 4.93 Å². The molecule has 0 unspecified atom stereocenters. The zero-order valence-corrected chi connectivity index (χ0v) is 21.4. The lowest BCUT2D eigenvalue weighted by molar-refractivity contribution is 1.18. The molecule has 0 atom stereocenters. The van der Waals surface area contributed by atoms with E-state index in [1.54, 1.807) is 0 Å². The van der Waals surface area contributed by atoms with Crippen molar-refractivity contribution >= 4 is 33.4 Å². The fraction of sp³-hybridized carbons (Fsp3) is 0. The van der Waals surface area contributed by atoms with Crippen LogP contribution in [-0.4, -0.2) is 4.57 Å². The molecule has 1 heterocycles. The Bertz CT molecular complexity index is 1900. The van der Waals surface area contributed by atoms with Crippen molar-refractivity contribution in [3.05, 3.63) is 151 Å². The molecule has 7 aromatic rings. The van der Waals surface area contributed by atoms with Crippen molar-refractivity contribution in [3.63, 3.8) is 0 Å². The standard InChI is InChI=1S/C36H24ClN/c37-31-19-21-36-34(24-31)33-23-30(28-16-14-27(15-17-28)25-8-3-1-4-9-25)18-20-35(33)38(36)32-13-7-12-29(22-32)26-10-5-2-6-11-26/h1-24H. The number of rotatable bonds is 4. The summed E-state index contributed by atoms with van der Waals surface area (Å²) in [6, 6.07) is 51.5. The lowest BCUT2D eigenvalue weighted by Gasteiger charge is -2.11. The van der Waals surface area contributed by atoms with Crippen LogP contribution in [0.1, 0.15) is 0 Å². The Morgan fingerprint density at radius 3 is 1.53 bits per heavy atom. The third-order valence-electron chi connectivity index (χ3n) is 7.26. The van der Waals surface area contributed by atoms with Crippen LogP contribution >= 0.6 is 11.6 Å². The summed E-state index contributed by atoms with van der Waals surface area (Å²) in [5.41, 5.74) is 10.7. The molecule has 0 bridgehead atoms. The molecule has 2 heteroatoms. The molecular weight excluding hydrogens is 482 g/mol. The number of fused-ring (bicyclic) bond motifs is 3. The van der Waals surface area contributed by atoms with Crippen LogP contribution in [-0.2, 0) is 0 Å². The van der Waals surface area contributed by atoms with Crippen molar-refractivity contribution < 1.29 is 0 Å². The summed E-state index contributed by atoms with van der Waals surface area (Å²) in [6.07, 6.45) is 0. The average Bonchev–Trinajstić information content (AvgIpc) is 3.31. The fourth-order valence-corrected chi connectivity index (χ4v) is 5.57. The smallest absolute Gasteiger partial charge is 0.0542 e. The predicted octanol–water partition coefficient (Wildman–Crippen LogP) is 10.4. The number of aromatic nitrogens is 1. The normalized spacial score (nSPS) is 11.3. The SMILES string of the molecule is Clc1ccc2c(c1)c1cc(-c3ccc(-c4ccccc4)cc3)ccc1n2-c1cccc(-c2ccccc2)c1. The first kappa shape index (κ1) is 22.6. The Hall–Kier alpha value is -4.59. The largest absolute Gasteiger partial charge is 0.309 e. The van der Waals surface area contributed by atoms with Crippen LogP contribution in [0.4, 0.5) is 0 Å². The highest BCUT2D eigenvalue weighted by Gasteiger charge is 2.14. The van der Waals surface area contributed by atoms with Crippen LogP contribution < -0.4 is 0 Å². The minimum Gasteiger partial charge on any atom is -0.309 e. The van der Waals surface area contributed by atoms with Gasteiger partial charge in [-0.3, -0.25) is 0 Å². The van der Waals surface area contributed by atoms with Crippen molar-refractivity contribution in [1.29, 1.82) is 0 Å². The van der Waals surface area contributed by atoms with E-state index in [9.17, 15) is 0 Å². The van der Waals surface area contributed by atoms with Crippen LogP contribution in [0.15, 0.2) is 146 Å². The zero-order valence-electron chi connectivity index (χ0n) is 20.7. The fourth-order valence-electron chi connectivity index (χ4n) is 5.39. The van der Waals surface area contributed by atoms with Crippen LogP contribution in [0.3, 0.4) is 0 Å². The molecule has 38 heavy (non-hydrogen) atoms. The molecule has 0 saturated carbocycles.